The summed E-state index contributed by atoms with van der Waals surface area (Å²) in [6.45, 7) is 4.23. The average molecular weight is 288 g/mol. The Morgan fingerprint density at radius 3 is 2.56 bits per heavy atom. The summed E-state index contributed by atoms with van der Waals surface area (Å²) in [6, 6.07) is 3.86. The lowest BCUT2D eigenvalue weighted by molar-refractivity contribution is -0.0431. The third kappa shape index (κ3) is 2.31. The first-order chi connectivity index (χ1) is 7.52. The van der Waals surface area contributed by atoms with E-state index in [1.807, 2.05) is 26.0 Å². The molecule has 2 rings (SSSR count). The van der Waals surface area contributed by atoms with Gasteiger partial charge in [0.25, 0.3) is 0 Å². The van der Waals surface area contributed by atoms with Crippen LogP contribution >= 0.6 is 15.9 Å². The summed E-state index contributed by atoms with van der Waals surface area (Å²) >= 11 is 3.49. The highest BCUT2D eigenvalue weighted by molar-refractivity contribution is 9.10. The summed E-state index contributed by atoms with van der Waals surface area (Å²) in [5.74, 6) is 5.94. The molecule has 0 spiro atoms. The molecule has 5 heteroatoms. The zero-order valence-corrected chi connectivity index (χ0v) is 10.8. The Labute approximate surface area is 103 Å². The zero-order valence-electron chi connectivity index (χ0n) is 9.25. The zero-order chi connectivity index (χ0) is 11.8. The minimum absolute atomic E-state index is 0.474. The highest BCUT2D eigenvalue weighted by Crippen LogP contribution is 2.42. The van der Waals surface area contributed by atoms with Crippen molar-refractivity contribution in [1.82, 2.24) is 0 Å². The van der Waals surface area contributed by atoms with Gasteiger partial charge in [-0.25, -0.2) is 5.90 Å². The van der Waals surface area contributed by atoms with E-state index in [2.05, 4.69) is 20.8 Å². The fourth-order valence-electron chi connectivity index (χ4n) is 1.65. The maximum absolute atomic E-state index is 5.65. The molecule has 0 saturated heterocycles. The van der Waals surface area contributed by atoms with Crippen LogP contribution in [0.25, 0.3) is 0 Å². The van der Waals surface area contributed by atoms with Gasteiger partial charge in [0.05, 0.1) is 6.61 Å². The third-order valence-electron chi connectivity index (χ3n) is 2.31. The van der Waals surface area contributed by atoms with E-state index in [0.29, 0.717) is 6.61 Å². The van der Waals surface area contributed by atoms with Crippen LogP contribution in [0.15, 0.2) is 16.6 Å². The van der Waals surface area contributed by atoms with Gasteiger partial charge in [0.2, 0.25) is 5.79 Å². The molecule has 1 aliphatic heterocycles. The molecular weight excluding hydrogens is 274 g/mol. The standard InChI is InChI=1S/C11H14BrNO3/c1-11(2)15-9-5-7(3-4-14-13)8(12)6-10(9)16-11/h5-6H,3-4,13H2,1-2H3. The number of halogens is 1. The Morgan fingerprint density at radius 1 is 1.31 bits per heavy atom. The summed E-state index contributed by atoms with van der Waals surface area (Å²) in [5, 5.41) is 0. The summed E-state index contributed by atoms with van der Waals surface area (Å²) < 4.78 is 12.3. The first-order valence-corrected chi connectivity index (χ1v) is 5.83. The Balaban J connectivity index is 2.26. The van der Waals surface area contributed by atoms with Crippen molar-refractivity contribution in [3.05, 3.63) is 22.2 Å². The van der Waals surface area contributed by atoms with E-state index >= 15 is 0 Å². The monoisotopic (exact) mass is 287 g/mol. The molecule has 0 atom stereocenters. The number of benzene rings is 1. The first-order valence-electron chi connectivity index (χ1n) is 5.04. The number of fused-ring (bicyclic) bond motifs is 1. The molecule has 0 saturated carbocycles. The van der Waals surface area contributed by atoms with Gasteiger partial charge in [-0.2, -0.15) is 0 Å². The second-order valence-electron chi connectivity index (χ2n) is 4.12. The van der Waals surface area contributed by atoms with Crippen LogP contribution in [0.3, 0.4) is 0 Å². The van der Waals surface area contributed by atoms with Crippen molar-refractivity contribution < 1.29 is 14.3 Å². The number of hydrogen-bond donors (Lipinski definition) is 1. The molecule has 0 aliphatic carbocycles. The third-order valence-corrected chi connectivity index (χ3v) is 3.05. The normalized spacial score (nSPS) is 16.5. The van der Waals surface area contributed by atoms with Crippen LogP contribution in [-0.2, 0) is 11.3 Å². The van der Waals surface area contributed by atoms with Gasteiger partial charge in [0.15, 0.2) is 11.5 Å². The molecule has 0 amide bonds. The topological polar surface area (TPSA) is 53.7 Å². The lowest BCUT2D eigenvalue weighted by Crippen LogP contribution is -2.29. The van der Waals surface area contributed by atoms with E-state index in [1.54, 1.807) is 0 Å². The molecular formula is C11H14BrNO3. The highest BCUT2D eigenvalue weighted by atomic mass is 79.9. The van der Waals surface area contributed by atoms with Gasteiger partial charge in [-0.05, 0) is 24.1 Å². The Morgan fingerprint density at radius 2 is 1.94 bits per heavy atom. The van der Waals surface area contributed by atoms with E-state index in [4.69, 9.17) is 15.4 Å². The van der Waals surface area contributed by atoms with Crippen LogP contribution in [0.4, 0.5) is 0 Å². The van der Waals surface area contributed by atoms with Crippen LogP contribution < -0.4 is 15.4 Å². The number of hydrogen-bond acceptors (Lipinski definition) is 4. The van der Waals surface area contributed by atoms with Gasteiger partial charge in [0.1, 0.15) is 0 Å². The van der Waals surface area contributed by atoms with Crippen molar-refractivity contribution in [2.45, 2.75) is 26.1 Å². The molecule has 4 nitrogen and oxygen atoms in total. The maximum atomic E-state index is 5.65. The molecule has 16 heavy (non-hydrogen) atoms. The van der Waals surface area contributed by atoms with Crippen molar-refractivity contribution >= 4 is 15.9 Å². The van der Waals surface area contributed by atoms with Gasteiger partial charge in [-0.15, -0.1) is 0 Å². The Kier molecular flexibility index (Phi) is 3.10. The molecule has 1 aliphatic rings. The minimum atomic E-state index is -0.592. The SMILES string of the molecule is CC1(C)Oc2cc(Br)c(CCON)cc2O1. The lowest BCUT2D eigenvalue weighted by atomic mass is 10.1. The van der Waals surface area contributed by atoms with Crippen molar-refractivity contribution in [3.8, 4) is 11.5 Å². The molecule has 0 unspecified atom stereocenters. The second-order valence-corrected chi connectivity index (χ2v) is 4.97. The summed E-state index contributed by atoms with van der Waals surface area (Å²) in [4.78, 5) is 4.57. The lowest BCUT2D eigenvalue weighted by Gasteiger charge is -2.16. The van der Waals surface area contributed by atoms with E-state index in [1.165, 1.54) is 0 Å². The summed E-state index contributed by atoms with van der Waals surface area (Å²) in [5.41, 5.74) is 1.09. The molecule has 1 aromatic carbocycles. The van der Waals surface area contributed by atoms with Gasteiger partial charge < -0.3 is 14.3 Å². The van der Waals surface area contributed by atoms with Crippen LogP contribution in [0.2, 0.25) is 0 Å². The van der Waals surface area contributed by atoms with Crippen LogP contribution in [0, 0.1) is 0 Å². The highest BCUT2D eigenvalue weighted by Gasteiger charge is 2.32. The van der Waals surface area contributed by atoms with Gasteiger partial charge in [0, 0.05) is 18.3 Å². The first kappa shape index (κ1) is 11.7. The van der Waals surface area contributed by atoms with Gasteiger partial charge in [-0.1, -0.05) is 15.9 Å². The predicted molar refractivity (Wildman–Crippen MR) is 63.3 cm³/mol. The molecule has 2 N–H and O–H groups in total. The van der Waals surface area contributed by atoms with Gasteiger partial charge >= 0.3 is 0 Å². The fourth-order valence-corrected chi connectivity index (χ4v) is 2.17. The fraction of sp³-hybridized carbons (Fsp3) is 0.455. The maximum Gasteiger partial charge on any atom is 0.246 e. The van der Waals surface area contributed by atoms with Crippen LogP contribution in [0.5, 0.6) is 11.5 Å². The molecule has 0 bridgehead atoms. The van der Waals surface area contributed by atoms with E-state index in [9.17, 15) is 0 Å². The summed E-state index contributed by atoms with van der Waals surface area (Å²) in [6.07, 6.45) is 0.730. The smallest absolute Gasteiger partial charge is 0.246 e. The van der Waals surface area contributed by atoms with Crippen LogP contribution in [-0.4, -0.2) is 12.4 Å². The number of ether oxygens (including phenoxy) is 2. The minimum Gasteiger partial charge on any atom is -0.449 e. The average Bonchev–Trinajstić information content (AvgIpc) is 2.47. The molecule has 1 aromatic rings. The van der Waals surface area contributed by atoms with E-state index < -0.39 is 5.79 Å². The summed E-state index contributed by atoms with van der Waals surface area (Å²) in [7, 11) is 0. The van der Waals surface area contributed by atoms with E-state index in [-0.39, 0.29) is 0 Å². The van der Waals surface area contributed by atoms with E-state index in [0.717, 1.165) is 28.0 Å². The second kappa shape index (κ2) is 4.24. The van der Waals surface area contributed by atoms with Crippen molar-refractivity contribution in [2.75, 3.05) is 6.61 Å². The number of rotatable bonds is 3. The quantitative estimate of drug-likeness (QED) is 0.868. The molecule has 0 aromatic heterocycles. The van der Waals surface area contributed by atoms with Crippen LogP contribution in [0.1, 0.15) is 19.4 Å². The Bertz CT molecular complexity index is 406. The molecule has 0 radical (unpaired) electrons. The van der Waals surface area contributed by atoms with Crippen molar-refractivity contribution in [1.29, 1.82) is 0 Å². The molecule has 88 valence electrons. The predicted octanol–water partition coefficient (Wildman–Crippen LogP) is 2.39. The largest absolute Gasteiger partial charge is 0.449 e. The Hall–Kier alpha value is -0.780. The van der Waals surface area contributed by atoms with Gasteiger partial charge in [-0.3, -0.25) is 0 Å². The molecule has 1 heterocycles. The van der Waals surface area contributed by atoms with Crippen molar-refractivity contribution in [2.24, 2.45) is 5.90 Å². The molecule has 0 fully saturated rings. The van der Waals surface area contributed by atoms with Crippen molar-refractivity contribution in [3.63, 3.8) is 0 Å². The number of nitrogens with two attached hydrogens (primary N) is 1.